The molecule has 7 nitrogen and oxygen atoms in total. The van der Waals surface area contributed by atoms with Gasteiger partial charge in [-0.1, -0.05) is 0 Å². The first-order valence-corrected chi connectivity index (χ1v) is 6.93. The molecule has 2 rings (SSSR count). The van der Waals surface area contributed by atoms with Crippen molar-refractivity contribution in [3.63, 3.8) is 0 Å². The number of ether oxygens (including phenoxy) is 2. The van der Waals surface area contributed by atoms with Gasteiger partial charge in [0, 0.05) is 32.2 Å². The minimum Gasteiger partial charge on any atom is -0.483 e. The van der Waals surface area contributed by atoms with Gasteiger partial charge in [0.15, 0.2) is 0 Å². The number of amides is 1. The van der Waals surface area contributed by atoms with Crippen LogP contribution in [0, 0.1) is 0 Å². The highest BCUT2D eigenvalue weighted by Crippen LogP contribution is 2.16. The van der Waals surface area contributed by atoms with E-state index in [0.717, 1.165) is 19.5 Å². The van der Waals surface area contributed by atoms with E-state index in [9.17, 15) is 4.79 Å². The molecule has 20 heavy (non-hydrogen) atoms. The zero-order chi connectivity index (χ0) is 15.0. The summed E-state index contributed by atoms with van der Waals surface area (Å²) < 4.78 is 10.7. The molecule has 0 aliphatic carbocycles. The number of morpholine rings is 1. The van der Waals surface area contributed by atoms with Gasteiger partial charge in [0.05, 0.1) is 13.2 Å². The molecule has 116 valence electrons. The quantitative estimate of drug-likeness (QED) is 0.751. The number of likely N-dealkylation sites (tertiary alicyclic amines) is 1. The lowest BCUT2D eigenvalue weighted by molar-refractivity contribution is -0.122. The molecule has 1 amide bonds. The Hall–Kier alpha value is -1.34. The number of nitrogens with zero attached hydrogens (tertiary/aromatic N) is 2. The molecular formula is C13H24N2O5. The summed E-state index contributed by atoms with van der Waals surface area (Å²) in [5.74, 6) is 0. The van der Waals surface area contributed by atoms with Crippen LogP contribution >= 0.6 is 0 Å². The third kappa shape index (κ3) is 5.34. The second-order valence-corrected chi connectivity index (χ2v) is 5.09. The Morgan fingerprint density at radius 2 is 1.95 bits per heavy atom. The molecule has 1 atom stereocenters. The third-order valence-electron chi connectivity index (χ3n) is 3.44. The van der Waals surface area contributed by atoms with E-state index in [4.69, 9.17) is 19.4 Å². The molecule has 0 aromatic rings. The molecule has 0 aromatic carbocycles. The highest BCUT2D eigenvalue weighted by Gasteiger charge is 2.29. The van der Waals surface area contributed by atoms with Gasteiger partial charge in [-0.25, -0.2) is 4.79 Å². The molecule has 0 bridgehead atoms. The largest absolute Gasteiger partial charge is 0.483 e. The lowest BCUT2D eigenvalue weighted by atomic mass is 10.3. The predicted molar refractivity (Wildman–Crippen MR) is 72.7 cm³/mol. The van der Waals surface area contributed by atoms with E-state index in [1.165, 1.54) is 0 Å². The van der Waals surface area contributed by atoms with Crippen LogP contribution in [0.3, 0.4) is 0 Å². The zero-order valence-electron chi connectivity index (χ0n) is 12.2. The van der Waals surface area contributed by atoms with E-state index in [1.54, 1.807) is 4.90 Å². The van der Waals surface area contributed by atoms with Crippen LogP contribution in [0.2, 0.25) is 0 Å². The van der Waals surface area contributed by atoms with Crippen LogP contribution in [-0.2, 0) is 14.3 Å². The normalized spacial score (nSPS) is 23.1. The highest BCUT2D eigenvalue weighted by atomic mass is 16.6. The first kappa shape index (κ1) is 16.7. The van der Waals surface area contributed by atoms with E-state index in [0.29, 0.717) is 32.3 Å². The smallest absolute Gasteiger partial charge is 0.410 e. The molecule has 1 N–H and O–H groups in total. The minimum absolute atomic E-state index is 0.0627. The molecule has 0 aromatic heterocycles. The Bertz CT molecular complexity index is 305. The third-order valence-corrected chi connectivity index (χ3v) is 3.44. The lowest BCUT2D eigenvalue weighted by Crippen LogP contribution is -2.42. The summed E-state index contributed by atoms with van der Waals surface area (Å²) in [5.41, 5.74) is 0. The van der Waals surface area contributed by atoms with Crippen molar-refractivity contribution < 1.29 is 24.2 Å². The van der Waals surface area contributed by atoms with Crippen molar-refractivity contribution in [2.45, 2.75) is 32.4 Å². The van der Waals surface area contributed by atoms with Crippen molar-refractivity contribution >= 4 is 12.6 Å². The summed E-state index contributed by atoms with van der Waals surface area (Å²) in [6.45, 7) is 8.54. The first-order chi connectivity index (χ1) is 9.58. The van der Waals surface area contributed by atoms with Crippen molar-refractivity contribution in [2.24, 2.45) is 0 Å². The van der Waals surface area contributed by atoms with Gasteiger partial charge in [0.25, 0.3) is 6.47 Å². The fourth-order valence-electron chi connectivity index (χ4n) is 2.28. The van der Waals surface area contributed by atoms with Gasteiger partial charge in [-0.2, -0.15) is 0 Å². The van der Waals surface area contributed by atoms with Gasteiger partial charge in [0.1, 0.15) is 6.10 Å². The fourth-order valence-corrected chi connectivity index (χ4v) is 2.28. The predicted octanol–water partition coefficient (Wildman–Crippen LogP) is 0.639. The molecule has 2 fully saturated rings. The summed E-state index contributed by atoms with van der Waals surface area (Å²) in [6.07, 6.45) is 0.838. The summed E-state index contributed by atoms with van der Waals surface area (Å²) in [5, 5.41) is 6.89. The SMILES string of the molecule is CC(C)N1CCC(OC(=O)N2CCOCC2)C1.O=CO. The second-order valence-electron chi connectivity index (χ2n) is 5.09. The maximum atomic E-state index is 11.9. The zero-order valence-corrected chi connectivity index (χ0v) is 12.2. The number of hydrogen-bond donors (Lipinski definition) is 1. The van der Waals surface area contributed by atoms with Gasteiger partial charge in [-0.15, -0.1) is 0 Å². The van der Waals surface area contributed by atoms with Crippen LogP contribution in [0.1, 0.15) is 20.3 Å². The van der Waals surface area contributed by atoms with Crippen molar-refractivity contribution in [1.29, 1.82) is 0 Å². The van der Waals surface area contributed by atoms with Gasteiger partial charge in [-0.05, 0) is 20.3 Å². The molecule has 0 saturated carbocycles. The highest BCUT2D eigenvalue weighted by molar-refractivity contribution is 5.68. The lowest BCUT2D eigenvalue weighted by Gasteiger charge is -2.27. The van der Waals surface area contributed by atoms with Crippen LogP contribution in [0.5, 0.6) is 0 Å². The van der Waals surface area contributed by atoms with Crippen LogP contribution in [0.15, 0.2) is 0 Å². The topological polar surface area (TPSA) is 79.3 Å². The Morgan fingerprint density at radius 3 is 2.45 bits per heavy atom. The Morgan fingerprint density at radius 1 is 1.35 bits per heavy atom. The average molecular weight is 288 g/mol. The van der Waals surface area contributed by atoms with E-state index >= 15 is 0 Å². The molecule has 7 heteroatoms. The molecule has 2 heterocycles. The van der Waals surface area contributed by atoms with Crippen LogP contribution in [0.4, 0.5) is 4.79 Å². The number of carbonyl (C=O) groups is 2. The average Bonchev–Trinajstić information content (AvgIpc) is 2.89. The van der Waals surface area contributed by atoms with Crippen molar-refractivity contribution in [2.75, 3.05) is 39.4 Å². The Labute approximate surface area is 119 Å². The van der Waals surface area contributed by atoms with E-state index in [1.807, 2.05) is 0 Å². The molecule has 1 unspecified atom stereocenters. The fraction of sp³-hybridized carbons (Fsp3) is 0.846. The van der Waals surface area contributed by atoms with Crippen LogP contribution in [0.25, 0.3) is 0 Å². The van der Waals surface area contributed by atoms with Crippen molar-refractivity contribution in [3.8, 4) is 0 Å². The maximum absolute atomic E-state index is 11.9. The summed E-state index contributed by atoms with van der Waals surface area (Å²) in [7, 11) is 0. The van der Waals surface area contributed by atoms with Crippen LogP contribution < -0.4 is 0 Å². The molecule has 2 saturated heterocycles. The monoisotopic (exact) mass is 288 g/mol. The number of carbonyl (C=O) groups excluding carboxylic acids is 1. The molecule has 0 spiro atoms. The standard InChI is InChI=1S/C12H22N2O3.CH2O2/c1-10(2)14-4-3-11(9-14)17-12(15)13-5-7-16-8-6-13;2-1-3/h10-11H,3-9H2,1-2H3;1H,(H,2,3). The van der Waals surface area contributed by atoms with Gasteiger partial charge in [-0.3, -0.25) is 9.69 Å². The Balaban J connectivity index is 0.000000612. The molecule has 0 radical (unpaired) electrons. The summed E-state index contributed by atoms with van der Waals surface area (Å²) in [4.78, 5) is 24.3. The maximum Gasteiger partial charge on any atom is 0.410 e. The van der Waals surface area contributed by atoms with Gasteiger partial charge >= 0.3 is 6.09 Å². The second kappa shape index (κ2) is 8.76. The van der Waals surface area contributed by atoms with E-state index < -0.39 is 0 Å². The van der Waals surface area contributed by atoms with Gasteiger partial charge < -0.3 is 19.5 Å². The van der Waals surface area contributed by atoms with Gasteiger partial charge in [0.2, 0.25) is 0 Å². The summed E-state index contributed by atoms with van der Waals surface area (Å²) in [6, 6.07) is 0.530. The molecule has 2 aliphatic heterocycles. The van der Waals surface area contributed by atoms with E-state index in [-0.39, 0.29) is 18.7 Å². The van der Waals surface area contributed by atoms with Crippen LogP contribution in [-0.4, -0.2) is 79.0 Å². The number of hydrogen-bond acceptors (Lipinski definition) is 5. The number of rotatable bonds is 2. The van der Waals surface area contributed by atoms with Crippen molar-refractivity contribution in [3.05, 3.63) is 0 Å². The Kier molecular flexibility index (Phi) is 7.32. The molecule has 2 aliphatic rings. The van der Waals surface area contributed by atoms with E-state index in [2.05, 4.69) is 18.7 Å². The summed E-state index contributed by atoms with van der Waals surface area (Å²) >= 11 is 0. The molecular weight excluding hydrogens is 264 g/mol. The first-order valence-electron chi connectivity index (χ1n) is 6.93. The number of carboxylic acid groups (broad SMARTS) is 1. The van der Waals surface area contributed by atoms with Crippen molar-refractivity contribution in [1.82, 2.24) is 9.80 Å². The minimum atomic E-state index is -0.250.